The van der Waals surface area contributed by atoms with Gasteiger partial charge in [0.15, 0.2) is 6.10 Å². The smallest absolute Gasteiger partial charge is 0.336 e. The van der Waals surface area contributed by atoms with E-state index in [9.17, 15) is 4.79 Å². The summed E-state index contributed by atoms with van der Waals surface area (Å²) in [6.45, 7) is 0.156. The van der Waals surface area contributed by atoms with Gasteiger partial charge in [0.2, 0.25) is 0 Å². The van der Waals surface area contributed by atoms with Gasteiger partial charge in [-0.3, -0.25) is 0 Å². The summed E-state index contributed by atoms with van der Waals surface area (Å²) in [5, 5.41) is 0. The summed E-state index contributed by atoms with van der Waals surface area (Å²) in [4.78, 5) is 10.5. The fraction of sp³-hybridized carbons (Fsp3) is 0.800. The van der Waals surface area contributed by atoms with E-state index in [1.807, 2.05) is 0 Å². The monoisotopic (exact) mass is 133 g/mol. The number of rotatable bonds is 3. The first-order valence-electron chi connectivity index (χ1n) is 2.57. The minimum absolute atomic E-state index is 0.156. The average molecular weight is 133 g/mol. The average Bonchev–Trinajstić information content (AvgIpc) is 1.90. The molecule has 2 N–H and O–H groups in total. The van der Waals surface area contributed by atoms with Gasteiger partial charge >= 0.3 is 5.97 Å². The number of hydrogen-bond donors (Lipinski definition) is 1. The summed E-state index contributed by atoms with van der Waals surface area (Å²) in [5.41, 5.74) is 5.13. The van der Waals surface area contributed by atoms with E-state index in [1.54, 1.807) is 0 Å². The van der Waals surface area contributed by atoms with E-state index in [0.29, 0.717) is 0 Å². The van der Waals surface area contributed by atoms with Gasteiger partial charge in [-0.25, -0.2) is 4.79 Å². The van der Waals surface area contributed by atoms with Crippen molar-refractivity contribution in [2.75, 3.05) is 20.8 Å². The Kier molecular flexibility index (Phi) is 4.00. The van der Waals surface area contributed by atoms with Crippen LogP contribution in [0.3, 0.4) is 0 Å². The number of esters is 1. The molecule has 4 nitrogen and oxygen atoms in total. The van der Waals surface area contributed by atoms with Crippen molar-refractivity contribution >= 4 is 5.97 Å². The van der Waals surface area contributed by atoms with Crippen LogP contribution in [-0.4, -0.2) is 32.8 Å². The lowest BCUT2D eigenvalue weighted by atomic mass is 10.4. The molecule has 1 atom stereocenters. The zero-order valence-corrected chi connectivity index (χ0v) is 5.59. The minimum Gasteiger partial charge on any atom is -0.467 e. The second-order valence-electron chi connectivity index (χ2n) is 1.48. The molecule has 0 saturated carbocycles. The van der Waals surface area contributed by atoms with Crippen molar-refractivity contribution in [1.82, 2.24) is 0 Å². The summed E-state index contributed by atoms with van der Waals surface area (Å²) in [7, 11) is 2.71. The summed E-state index contributed by atoms with van der Waals surface area (Å²) >= 11 is 0. The first kappa shape index (κ1) is 8.39. The largest absolute Gasteiger partial charge is 0.467 e. The van der Waals surface area contributed by atoms with Crippen LogP contribution in [0.25, 0.3) is 0 Å². The zero-order valence-electron chi connectivity index (χ0n) is 5.59. The topological polar surface area (TPSA) is 61.5 Å². The molecule has 0 aliphatic rings. The SMILES string of the molecule is COC(=O)[C@@H](CN)OC. The Balaban J connectivity index is 3.64. The Morgan fingerprint density at radius 1 is 1.67 bits per heavy atom. The molecule has 9 heavy (non-hydrogen) atoms. The van der Waals surface area contributed by atoms with Gasteiger partial charge in [0.05, 0.1) is 7.11 Å². The van der Waals surface area contributed by atoms with Crippen LogP contribution in [-0.2, 0) is 14.3 Å². The van der Waals surface area contributed by atoms with Crippen LogP contribution >= 0.6 is 0 Å². The van der Waals surface area contributed by atoms with Crippen LogP contribution in [0.15, 0.2) is 0 Å². The lowest BCUT2D eigenvalue weighted by Crippen LogP contribution is -2.32. The van der Waals surface area contributed by atoms with Crippen LogP contribution in [0.4, 0.5) is 0 Å². The molecular formula is C5H11NO3. The molecule has 0 aromatic carbocycles. The maximum absolute atomic E-state index is 10.5. The Labute approximate surface area is 53.9 Å². The summed E-state index contributed by atoms with van der Waals surface area (Å²) in [6, 6.07) is 0. The van der Waals surface area contributed by atoms with Gasteiger partial charge in [0.1, 0.15) is 0 Å². The fourth-order valence-corrected chi connectivity index (χ4v) is 0.420. The highest BCUT2D eigenvalue weighted by atomic mass is 16.6. The van der Waals surface area contributed by atoms with Gasteiger partial charge < -0.3 is 15.2 Å². The van der Waals surface area contributed by atoms with Crippen molar-refractivity contribution in [3.8, 4) is 0 Å². The van der Waals surface area contributed by atoms with Gasteiger partial charge in [0.25, 0.3) is 0 Å². The predicted octanol–water partition coefficient (Wildman–Crippen LogP) is -0.867. The third-order valence-corrected chi connectivity index (χ3v) is 0.963. The molecule has 0 bridgehead atoms. The molecule has 0 saturated heterocycles. The number of nitrogens with two attached hydrogens (primary N) is 1. The third kappa shape index (κ3) is 2.43. The molecule has 0 aromatic heterocycles. The van der Waals surface area contributed by atoms with E-state index < -0.39 is 12.1 Å². The molecule has 0 aliphatic carbocycles. The Morgan fingerprint density at radius 2 is 2.22 bits per heavy atom. The highest BCUT2D eigenvalue weighted by Crippen LogP contribution is 1.88. The van der Waals surface area contributed by atoms with Crippen LogP contribution in [0, 0.1) is 0 Å². The van der Waals surface area contributed by atoms with Crippen molar-refractivity contribution in [2.45, 2.75) is 6.10 Å². The van der Waals surface area contributed by atoms with Crippen molar-refractivity contribution in [3.05, 3.63) is 0 Å². The first-order chi connectivity index (χ1) is 4.26. The maximum atomic E-state index is 10.5. The normalized spacial score (nSPS) is 12.8. The molecular weight excluding hydrogens is 122 g/mol. The van der Waals surface area contributed by atoms with E-state index in [0.717, 1.165) is 0 Å². The van der Waals surface area contributed by atoms with Gasteiger partial charge in [0, 0.05) is 13.7 Å². The van der Waals surface area contributed by atoms with E-state index in [1.165, 1.54) is 14.2 Å². The number of ether oxygens (including phenoxy) is 2. The Morgan fingerprint density at radius 3 is 2.33 bits per heavy atom. The zero-order chi connectivity index (χ0) is 7.28. The summed E-state index contributed by atoms with van der Waals surface area (Å²) < 4.78 is 9.00. The maximum Gasteiger partial charge on any atom is 0.336 e. The highest BCUT2D eigenvalue weighted by molar-refractivity contribution is 5.74. The van der Waals surface area contributed by atoms with E-state index >= 15 is 0 Å². The number of hydrogen-bond acceptors (Lipinski definition) is 4. The molecule has 54 valence electrons. The lowest BCUT2D eigenvalue weighted by Gasteiger charge is -2.08. The molecule has 0 fully saturated rings. The number of carbonyl (C=O) groups is 1. The second-order valence-corrected chi connectivity index (χ2v) is 1.48. The Bertz CT molecular complexity index is 90.2. The van der Waals surface area contributed by atoms with Gasteiger partial charge in [-0.15, -0.1) is 0 Å². The second kappa shape index (κ2) is 4.29. The molecule has 0 rings (SSSR count). The fourth-order valence-electron chi connectivity index (χ4n) is 0.420. The third-order valence-electron chi connectivity index (χ3n) is 0.963. The van der Waals surface area contributed by atoms with E-state index in [2.05, 4.69) is 9.47 Å². The molecule has 0 aliphatic heterocycles. The predicted molar refractivity (Wildman–Crippen MR) is 31.9 cm³/mol. The van der Waals surface area contributed by atoms with Gasteiger partial charge in [-0.1, -0.05) is 0 Å². The van der Waals surface area contributed by atoms with E-state index in [-0.39, 0.29) is 6.54 Å². The van der Waals surface area contributed by atoms with Crippen LogP contribution in [0.1, 0.15) is 0 Å². The Hall–Kier alpha value is -0.610. The molecule has 0 spiro atoms. The number of methoxy groups -OCH3 is 2. The van der Waals surface area contributed by atoms with Crippen molar-refractivity contribution in [1.29, 1.82) is 0 Å². The first-order valence-corrected chi connectivity index (χ1v) is 2.57. The molecule has 0 aromatic rings. The van der Waals surface area contributed by atoms with Crippen molar-refractivity contribution in [2.24, 2.45) is 5.73 Å². The van der Waals surface area contributed by atoms with Gasteiger partial charge in [-0.2, -0.15) is 0 Å². The van der Waals surface area contributed by atoms with E-state index in [4.69, 9.17) is 5.73 Å². The highest BCUT2D eigenvalue weighted by Gasteiger charge is 2.14. The number of carbonyl (C=O) groups excluding carboxylic acids is 1. The molecule has 4 heteroatoms. The molecule has 0 radical (unpaired) electrons. The summed E-state index contributed by atoms with van der Waals surface area (Å²) in [5.74, 6) is -0.431. The standard InChI is InChI=1S/C5H11NO3/c1-8-4(3-6)5(7)9-2/h4H,3,6H2,1-2H3/t4-/m1/s1. The van der Waals surface area contributed by atoms with Gasteiger partial charge in [-0.05, 0) is 0 Å². The lowest BCUT2D eigenvalue weighted by molar-refractivity contribution is -0.151. The summed E-state index contributed by atoms with van der Waals surface area (Å²) in [6.07, 6.45) is -0.616. The van der Waals surface area contributed by atoms with Crippen LogP contribution < -0.4 is 5.73 Å². The van der Waals surface area contributed by atoms with Crippen LogP contribution in [0.5, 0.6) is 0 Å². The van der Waals surface area contributed by atoms with Crippen LogP contribution in [0.2, 0.25) is 0 Å². The molecule has 0 unspecified atom stereocenters. The minimum atomic E-state index is -0.616. The quantitative estimate of drug-likeness (QED) is 0.508. The molecule has 0 amide bonds. The van der Waals surface area contributed by atoms with Crippen molar-refractivity contribution < 1.29 is 14.3 Å². The van der Waals surface area contributed by atoms with Crippen molar-refractivity contribution in [3.63, 3.8) is 0 Å². The molecule has 0 heterocycles.